The van der Waals surface area contributed by atoms with Crippen LogP contribution in [0.1, 0.15) is 15.9 Å². The minimum absolute atomic E-state index is 0.221. The van der Waals surface area contributed by atoms with E-state index in [-0.39, 0.29) is 12.5 Å². The van der Waals surface area contributed by atoms with Crippen LogP contribution in [0.25, 0.3) is 0 Å². The zero-order valence-electron chi connectivity index (χ0n) is 10.8. The topological polar surface area (TPSA) is 80.0 Å². The number of hydrogen-bond acceptors (Lipinski definition) is 4. The molecule has 1 amide bonds. The summed E-state index contributed by atoms with van der Waals surface area (Å²) in [5, 5.41) is 15.5. The molecule has 0 aromatic carbocycles. The van der Waals surface area contributed by atoms with Crippen molar-refractivity contribution >= 4 is 5.91 Å². The Morgan fingerprint density at radius 3 is 3.10 bits per heavy atom. The van der Waals surface area contributed by atoms with E-state index < -0.39 is 0 Å². The van der Waals surface area contributed by atoms with E-state index >= 15 is 0 Å². The molecule has 0 spiro atoms. The Labute approximate surface area is 116 Å². The van der Waals surface area contributed by atoms with Crippen molar-refractivity contribution in [1.82, 2.24) is 20.1 Å². The first-order chi connectivity index (χ1) is 9.81. The van der Waals surface area contributed by atoms with E-state index in [9.17, 15) is 4.79 Å². The maximum atomic E-state index is 12.1. The predicted molar refractivity (Wildman–Crippen MR) is 72.8 cm³/mol. The van der Waals surface area contributed by atoms with Crippen LogP contribution >= 0.6 is 0 Å². The fourth-order valence-electron chi connectivity index (χ4n) is 1.64. The SMILES string of the molecule is O=C(NCCn1cccn1)c1ccncc1C#CCO. The normalized spacial score (nSPS) is 9.65. The van der Waals surface area contributed by atoms with Crippen molar-refractivity contribution < 1.29 is 9.90 Å². The summed E-state index contributed by atoms with van der Waals surface area (Å²) in [5.74, 6) is 5.00. The molecule has 2 aromatic heterocycles. The molecule has 0 unspecified atom stereocenters. The van der Waals surface area contributed by atoms with Gasteiger partial charge >= 0.3 is 0 Å². The average molecular weight is 270 g/mol. The van der Waals surface area contributed by atoms with Crippen LogP contribution in [0.15, 0.2) is 36.9 Å². The number of hydrogen-bond donors (Lipinski definition) is 2. The molecule has 0 atom stereocenters. The molecule has 0 aliphatic heterocycles. The third kappa shape index (κ3) is 3.67. The molecule has 0 aliphatic rings. The van der Waals surface area contributed by atoms with E-state index in [1.807, 2.05) is 12.3 Å². The van der Waals surface area contributed by atoms with Crippen LogP contribution in [0, 0.1) is 11.8 Å². The highest BCUT2D eigenvalue weighted by Gasteiger charge is 2.09. The first kappa shape index (κ1) is 13.8. The predicted octanol–water partition coefficient (Wildman–Crippen LogP) is 0.0519. The van der Waals surface area contributed by atoms with E-state index in [0.717, 1.165) is 0 Å². The van der Waals surface area contributed by atoms with Crippen LogP contribution in [0.4, 0.5) is 0 Å². The maximum absolute atomic E-state index is 12.1. The van der Waals surface area contributed by atoms with Gasteiger partial charge in [0.2, 0.25) is 0 Å². The van der Waals surface area contributed by atoms with Gasteiger partial charge in [0.15, 0.2) is 0 Å². The summed E-state index contributed by atoms with van der Waals surface area (Å²) >= 11 is 0. The van der Waals surface area contributed by atoms with Gasteiger partial charge in [0.05, 0.1) is 17.7 Å². The van der Waals surface area contributed by atoms with Gasteiger partial charge in [-0.25, -0.2) is 0 Å². The second-order valence-electron chi connectivity index (χ2n) is 3.91. The van der Waals surface area contributed by atoms with Gasteiger partial charge in [-0.15, -0.1) is 0 Å². The van der Waals surface area contributed by atoms with Crippen LogP contribution in [0.3, 0.4) is 0 Å². The molecule has 0 saturated carbocycles. The molecule has 0 saturated heterocycles. The molecule has 0 aliphatic carbocycles. The molecular weight excluding hydrogens is 256 g/mol. The molecular formula is C14H14N4O2. The summed E-state index contributed by atoms with van der Waals surface area (Å²) in [6.07, 6.45) is 6.56. The van der Waals surface area contributed by atoms with Gasteiger partial charge in [-0.1, -0.05) is 11.8 Å². The van der Waals surface area contributed by atoms with Crippen molar-refractivity contribution in [1.29, 1.82) is 0 Å². The Kier molecular flexibility index (Phi) is 4.87. The zero-order valence-corrected chi connectivity index (χ0v) is 10.8. The zero-order chi connectivity index (χ0) is 14.2. The molecule has 2 aromatic rings. The highest BCUT2D eigenvalue weighted by Crippen LogP contribution is 2.05. The number of carbonyl (C=O) groups is 1. The van der Waals surface area contributed by atoms with Crippen LogP contribution in [0.2, 0.25) is 0 Å². The quantitative estimate of drug-likeness (QED) is 0.769. The van der Waals surface area contributed by atoms with Gasteiger partial charge in [0.1, 0.15) is 6.61 Å². The lowest BCUT2D eigenvalue weighted by molar-refractivity contribution is 0.0951. The van der Waals surface area contributed by atoms with E-state index in [1.165, 1.54) is 12.4 Å². The highest BCUT2D eigenvalue weighted by molar-refractivity contribution is 5.96. The van der Waals surface area contributed by atoms with Gasteiger partial charge < -0.3 is 10.4 Å². The lowest BCUT2D eigenvalue weighted by Gasteiger charge is -2.06. The smallest absolute Gasteiger partial charge is 0.252 e. The molecule has 0 bridgehead atoms. The Hall–Kier alpha value is -2.65. The van der Waals surface area contributed by atoms with Crippen LogP contribution < -0.4 is 5.32 Å². The maximum Gasteiger partial charge on any atom is 0.252 e. The van der Waals surface area contributed by atoms with E-state index in [0.29, 0.717) is 24.2 Å². The molecule has 6 heteroatoms. The lowest BCUT2D eigenvalue weighted by atomic mass is 10.1. The van der Waals surface area contributed by atoms with Crippen molar-refractivity contribution in [2.75, 3.05) is 13.2 Å². The van der Waals surface area contributed by atoms with Gasteiger partial charge in [-0.05, 0) is 12.1 Å². The Morgan fingerprint density at radius 2 is 2.35 bits per heavy atom. The number of nitrogens with one attached hydrogen (secondary N) is 1. The minimum Gasteiger partial charge on any atom is -0.384 e. The molecule has 6 nitrogen and oxygen atoms in total. The number of aliphatic hydroxyl groups excluding tert-OH is 1. The van der Waals surface area contributed by atoms with Gasteiger partial charge in [-0.3, -0.25) is 14.5 Å². The lowest BCUT2D eigenvalue weighted by Crippen LogP contribution is -2.28. The number of pyridine rings is 1. The Morgan fingerprint density at radius 1 is 1.45 bits per heavy atom. The molecule has 0 fully saturated rings. The van der Waals surface area contributed by atoms with E-state index in [2.05, 4.69) is 27.2 Å². The molecule has 2 N–H and O–H groups in total. The standard InChI is InChI=1S/C14H14N4O2/c19-10-1-3-12-11-15-6-4-13(12)14(20)16-7-9-18-8-2-5-17-18/h2,4-6,8,11,19H,7,9-10H2,(H,16,20). The molecule has 0 radical (unpaired) electrons. The number of rotatable bonds is 4. The highest BCUT2D eigenvalue weighted by atomic mass is 16.2. The number of amides is 1. The second-order valence-corrected chi connectivity index (χ2v) is 3.91. The van der Waals surface area contributed by atoms with Crippen LogP contribution in [-0.4, -0.2) is 38.9 Å². The van der Waals surface area contributed by atoms with Crippen molar-refractivity contribution in [3.05, 3.63) is 48.0 Å². The van der Waals surface area contributed by atoms with Gasteiger partial charge in [0, 0.05) is 31.3 Å². The fourth-order valence-corrected chi connectivity index (χ4v) is 1.64. The van der Waals surface area contributed by atoms with Crippen molar-refractivity contribution in [3.8, 4) is 11.8 Å². The second kappa shape index (κ2) is 7.07. The number of carbonyl (C=O) groups excluding carboxylic acids is 1. The number of aliphatic hydroxyl groups is 1. The van der Waals surface area contributed by atoms with Crippen molar-refractivity contribution in [3.63, 3.8) is 0 Å². The average Bonchev–Trinajstić information content (AvgIpc) is 2.98. The monoisotopic (exact) mass is 270 g/mol. The summed E-state index contributed by atoms with van der Waals surface area (Å²) in [7, 11) is 0. The van der Waals surface area contributed by atoms with Crippen LogP contribution in [-0.2, 0) is 6.54 Å². The first-order valence-electron chi connectivity index (χ1n) is 6.10. The van der Waals surface area contributed by atoms with Crippen molar-refractivity contribution in [2.45, 2.75) is 6.54 Å². The van der Waals surface area contributed by atoms with Crippen molar-refractivity contribution in [2.24, 2.45) is 0 Å². The fraction of sp³-hybridized carbons (Fsp3) is 0.214. The molecule has 20 heavy (non-hydrogen) atoms. The summed E-state index contributed by atoms with van der Waals surface area (Å²) in [6, 6.07) is 3.43. The summed E-state index contributed by atoms with van der Waals surface area (Å²) in [6.45, 7) is 0.812. The van der Waals surface area contributed by atoms with E-state index in [1.54, 1.807) is 16.9 Å². The molecule has 102 valence electrons. The Bertz CT molecular complexity index is 626. The van der Waals surface area contributed by atoms with Gasteiger partial charge in [-0.2, -0.15) is 5.10 Å². The summed E-state index contributed by atoms with van der Waals surface area (Å²) < 4.78 is 1.74. The van der Waals surface area contributed by atoms with Crippen LogP contribution in [0.5, 0.6) is 0 Å². The number of nitrogens with zero attached hydrogens (tertiary/aromatic N) is 3. The largest absolute Gasteiger partial charge is 0.384 e. The van der Waals surface area contributed by atoms with Gasteiger partial charge in [0.25, 0.3) is 5.91 Å². The summed E-state index contributed by atoms with van der Waals surface area (Å²) in [5.41, 5.74) is 0.944. The number of aromatic nitrogens is 3. The minimum atomic E-state index is -0.255. The molecule has 2 heterocycles. The third-order valence-corrected chi connectivity index (χ3v) is 2.55. The first-order valence-corrected chi connectivity index (χ1v) is 6.10. The summed E-state index contributed by atoms with van der Waals surface area (Å²) in [4.78, 5) is 16.0. The molecule has 2 rings (SSSR count). The Balaban J connectivity index is 1.98. The third-order valence-electron chi connectivity index (χ3n) is 2.55. The van der Waals surface area contributed by atoms with E-state index in [4.69, 9.17) is 5.11 Å².